The van der Waals surface area contributed by atoms with Crippen molar-refractivity contribution in [3.05, 3.63) is 16.6 Å². The Morgan fingerprint density at radius 2 is 2.64 bits per heavy atom. The molecule has 0 aromatic carbocycles. The number of nitrogens with zero attached hydrogens (tertiary/aromatic N) is 1. The standard InChI is InChI=1S/C10H17N3S/c1-2-8-7-12-4-3-10(8,11)9-13-5-6-14-9/h5-6,8,12H,2-4,7,11H2,1H3. The van der Waals surface area contributed by atoms with E-state index in [1.54, 1.807) is 11.3 Å². The monoisotopic (exact) mass is 211 g/mol. The lowest BCUT2D eigenvalue weighted by Crippen LogP contribution is -2.53. The number of rotatable bonds is 2. The van der Waals surface area contributed by atoms with Gasteiger partial charge in [0.15, 0.2) is 0 Å². The number of nitrogens with two attached hydrogens (primary N) is 1. The molecular weight excluding hydrogens is 194 g/mol. The minimum Gasteiger partial charge on any atom is -0.319 e. The zero-order valence-electron chi connectivity index (χ0n) is 8.49. The lowest BCUT2D eigenvalue weighted by Gasteiger charge is -2.39. The Bertz CT molecular complexity index is 286. The third kappa shape index (κ3) is 1.58. The van der Waals surface area contributed by atoms with Crippen LogP contribution in [0.25, 0.3) is 0 Å². The van der Waals surface area contributed by atoms with Gasteiger partial charge >= 0.3 is 0 Å². The van der Waals surface area contributed by atoms with Crippen molar-refractivity contribution in [2.75, 3.05) is 13.1 Å². The maximum atomic E-state index is 6.49. The normalized spacial score (nSPS) is 33.1. The van der Waals surface area contributed by atoms with Gasteiger partial charge in [-0.1, -0.05) is 6.92 Å². The zero-order valence-corrected chi connectivity index (χ0v) is 9.31. The van der Waals surface area contributed by atoms with Gasteiger partial charge < -0.3 is 11.1 Å². The Balaban J connectivity index is 2.27. The van der Waals surface area contributed by atoms with E-state index in [9.17, 15) is 0 Å². The van der Waals surface area contributed by atoms with E-state index in [1.165, 1.54) is 0 Å². The number of aromatic nitrogens is 1. The second-order valence-electron chi connectivity index (χ2n) is 3.94. The van der Waals surface area contributed by atoms with Gasteiger partial charge in [0.2, 0.25) is 0 Å². The van der Waals surface area contributed by atoms with Crippen molar-refractivity contribution in [2.45, 2.75) is 25.3 Å². The first kappa shape index (κ1) is 10.1. The predicted molar refractivity (Wildman–Crippen MR) is 59.2 cm³/mol. The van der Waals surface area contributed by atoms with Gasteiger partial charge in [0.1, 0.15) is 5.01 Å². The number of hydrogen-bond donors (Lipinski definition) is 2. The highest BCUT2D eigenvalue weighted by atomic mass is 32.1. The van der Waals surface area contributed by atoms with Crippen LogP contribution in [0.5, 0.6) is 0 Å². The van der Waals surface area contributed by atoms with E-state index in [-0.39, 0.29) is 5.54 Å². The van der Waals surface area contributed by atoms with Gasteiger partial charge in [-0.2, -0.15) is 0 Å². The van der Waals surface area contributed by atoms with E-state index in [0.29, 0.717) is 5.92 Å². The summed E-state index contributed by atoms with van der Waals surface area (Å²) >= 11 is 1.68. The van der Waals surface area contributed by atoms with Crippen LogP contribution in [0.3, 0.4) is 0 Å². The van der Waals surface area contributed by atoms with Crippen molar-refractivity contribution < 1.29 is 0 Å². The summed E-state index contributed by atoms with van der Waals surface area (Å²) in [6.07, 6.45) is 3.96. The summed E-state index contributed by atoms with van der Waals surface area (Å²) in [5.74, 6) is 0.516. The third-order valence-electron chi connectivity index (χ3n) is 3.16. The first-order chi connectivity index (χ1) is 6.77. The Labute approximate surface area is 88.7 Å². The Hall–Kier alpha value is -0.450. The summed E-state index contributed by atoms with van der Waals surface area (Å²) in [6.45, 7) is 4.23. The van der Waals surface area contributed by atoms with Gasteiger partial charge in [0.05, 0.1) is 5.54 Å². The van der Waals surface area contributed by atoms with Gasteiger partial charge in [-0.05, 0) is 25.3 Å². The highest BCUT2D eigenvalue weighted by molar-refractivity contribution is 7.09. The van der Waals surface area contributed by atoms with Gasteiger partial charge in [0, 0.05) is 18.1 Å². The molecule has 1 aliphatic heterocycles. The van der Waals surface area contributed by atoms with Crippen molar-refractivity contribution in [2.24, 2.45) is 11.7 Å². The fourth-order valence-corrected chi connectivity index (χ4v) is 3.06. The van der Waals surface area contributed by atoms with Gasteiger partial charge in [0.25, 0.3) is 0 Å². The molecule has 4 heteroatoms. The van der Waals surface area contributed by atoms with Crippen molar-refractivity contribution in [1.29, 1.82) is 0 Å². The maximum absolute atomic E-state index is 6.49. The van der Waals surface area contributed by atoms with E-state index < -0.39 is 0 Å². The zero-order chi connectivity index (χ0) is 10.0. The maximum Gasteiger partial charge on any atom is 0.113 e. The molecule has 0 spiro atoms. The van der Waals surface area contributed by atoms with Crippen molar-refractivity contribution in [3.8, 4) is 0 Å². The summed E-state index contributed by atoms with van der Waals surface area (Å²) < 4.78 is 0. The van der Waals surface area contributed by atoms with Crippen LogP contribution in [0.4, 0.5) is 0 Å². The van der Waals surface area contributed by atoms with E-state index in [4.69, 9.17) is 5.73 Å². The summed E-state index contributed by atoms with van der Waals surface area (Å²) in [4.78, 5) is 4.38. The van der Waals surface area contributed by atoms with E-state index >= 15 is 0 Å². The molecule has 0 aliphatic carbocycles. The molecule has 1 aromatic heterocycles. The van der Waals surface area contributed by atoms with Crippen LogP contribution in [0, 0.1) is 5.92 Å². The molecular formula is C10H17N3S. The summed E-state index contributed by atoms with van der Waals surface area (Å²) in [6, 6.07) is 0. The minimum absolute atomic E-state index is 0.186. The molecule has 2 heterocycles. The summed E-state index contributed by atoms with van der Waals surface area (Å²) in [7, 11) is 0. The van der Waals surface area contributed by atoms with Crippen LogP contribution >= 0.6 is 11.3 Å². The topological polar surface area (TPSA) is 50.9 Å². The van der Waals surface area contributed by atoms with Crippen LogP contribution < -0.4 is 11.1 Å². The second kappa shape index (κ2) is 3.96. The molecule has 0 radical (unpaired) electrons. The van der Waals surface area contributed by atoms with Gasteiger partial charge in [-0.15, -0.1) is 11.3 Å². The van der Waals surface area contributed by atoms with Gasteiger partial charge in [-0.3, -0.25) is 0 Å². The SMILES string of the molecule is CCC1CNCCC1(N)c1nccs1. The molecule has 2 unspecified atom stereocenters. The summed E-state index contributed by atoms with van der Waals surface area (Å²) in [5.41, 5.74) is 6.30. The lowest BCUT2D eigenvalue weighted by atomic mass is 9.78. The van der Waals surface area contributed by atoms with Gasteiger partial charge in [-0.25, -0.2) is 4.98 Å². The Morgan fingerprint density at radius 1 is 1.79 bits per heavy atom. The number of thiazole rings is 1. The van der Waals surface area contributed by atoms with Crippen molar-refractivity contribution in [3.63, 3.8) is 0 Å². The Kier molecular flexibility index (Phi) is 2.85. The fraction of sp³-hybridized carbons (Fsp3) is 0.700. The van der Waals surface area contributed by atoms with Crippen LogP contribution in [0.2, 0.25) is 0 Å². The molecule has 1 fully saturated rings. The van der Waals surface area contributed by atoms with Crippen molar-refractivity contribution >= 4 is 11.3 Å². The predicted octanol–water partition coefficient (Wildman–Crippen LogP) is 1.32. The van der Waals surface area contributed by atoms with E-state index in [0.717, 1.165) is 30.9 Å². The molecule has 0 amide bonds. The molecule has 2 atom stereocenters. The number of hydrogen-bond acceptors (Lipinski definition) is 4. The van der Waals surface area contributed by atoms with E-state index in [1.807, 2.05) is 11.6 Å². The molecule has 1 saturated heterocycles. The van der Waals surface area contributed by atoms with E-state index in [2.05, 4.69) is 17.2 Å². The highest BCUT2D eigenvalue weighted by Crippen LogP contribution is 2.35. The van der Waals surface area contributed by atoms with Crippen LogP contribution in [0.15, 0.2) is 11.6 Å². The fourth-order valence-electron chi connectivity index (χ4n) is 2.20. The first-order valence-electron chi connectivity index (χ1n) is 5.17. The molecule has 14 heavy (non-hydrogen) atoms. The third-order valence-corrected chi connectivity index (χ3v) is 4.12. The molecule has 0 bridgehead atoms. The van der Waals surface area contributed by atoms with Crippen molar-refractivity contribution in [1.82, 2.24) is 10.3 Å². The number of piperidine rings is 1. The minimum atomic E-state index is -0.186. The first-order valence-corrected chi connectivity index (χ1v) is 6.05. The summed E-state index contributed by atoms with van der Waals surface area (Å²) in [5, 5.41) is 6.51. The molecule has 2 rings (SSSR count). The smallest absolute Gasteiger partial charge is 0.113 e. The average molecular weight is 211 g/mol. The molecule has 0 saturated carbocycles. The molecule has 78 valence electrons. The quantitative estimate of drug-likeness (QED) is 0.775. The van der Waals surface area contributed by atoms with Crippen LogP contribution in [0.1, 0.15) is 24.8 Å². The van der Waals surface area contributed by atoms with Crippen LogP contribution in [-0.2, 0) is 5.54 Å². The molecule has 1 aliphatic rings. The molecule has 3 nitrogen and oxygen atoms in total. The highest BCUT2D eigenvalue weighted by Gasteiger charge is 2.39. The molecule has 1 aromatic rings. The lowest BCUT2D eigenvalue weighted by molar-refractivity contribution is 0.199. The van der Waals surface area contributed by atoms with Crippen LogP contribution in [-0.4, -0.2) is 18.1 Å². The second-order valence-corrected chi connectivity index (χ2v) is 4.83. The Morgan fingerprint density at radius 3 is 3.29 bits per heavy atom. The largest absolute Gasteiger partial charge is 0.319 e. The number of nitrogens with one attached hydrogen (secondary N) is 1. The average Bonchev–Trinajstić information content (AvgIpc) is 2.72. The molecule has 3 N–H and O–H groups in total.